The molecule has 25 heavy (non-hydrogen) atoms. The van der Waals surface area contributed by atoms with Gasteiger partial charge in [0.1, 0.15) is 12.1 Å². The highest BCUT2D eigenvalue weighted by atomic mass is 16.1. The van der Waals surface area contributed by atoms with Crippen molar-refractivity contribution in [3.05, 3.63) is 47.0 Å². The molecular formula is C18H24N6O. The molecule has 0 spiro atoms. The summed E-state index contributed by atoms with van der Waals surface area (Å²) in [7, 11) is 1.77. The molecule has 1 aliphatic heterocycles. The lowest BCUT2D eigenvalue weighted by atomic mass is 10.0. The van der Waals surface area contributed by atoms with Gasteiger partial charge in [0, 0.05) is 51.2 Å². The second-order valence-electron chi connectivity index (χ2n) is 7.04. The van der Waals surface area contributed by atoms with Gasteiger partial charge in [0.2, 0.25) is 0 Å². The van der Waals surface area contributed by atoms with Crippen molar-refractivity contribution in [1.29, 1.82) is 0 Å². The van der Waals surface area contributed by atoms with Crippen molar-refractivity contribution < 1.29 is 0 Å². The van der Waals surface area contributed by atoms with Crippen molar-refractivity contribution in [3.63, 3.8) is 0 Å². The monoisotopic (exact) mass is 340 g/mol. The van der Waals surface area contributed by atoms with Crippen LogP contribution < -0.4 is 10.5 Å². The minimum atomic E-state index is -0.0626. The molecule has 7 heteroatoms. The van der Waals surface area contributed by atoms with Crippen molar-refractivity contribution in [2.24, 2.45) is 7.05 Å². The van der Waals surface area contributed by atoms with Gasteiger partial charge in [-0.25, -0.2) is 9.97 Å². The van der Waals surface area contributed by atoms with Gasteiger partial charge in [-0.3, -0.25) is 14.7 Å². The lowest BCUT2D eigenvalue weighted by molar-refractivity contribution is 0.198. The molecule has 132 valence electrons. The van der Waals surface area contributed by atoms with Crippen LogP contribution in [0.15, 0.2) is 35.8 Å². The van der Waals surface area contributed by atoms with E-state index in [0.717, 1.165) is 44.0 Å². The van der Waals surface area contributed by atoms with E-state index in [4.69, 9.17) is 0 Å². The summed E-state index contributed by atoms with van der Waals surface area (Å²) < 4.78 is 1.60. The zero-order valence-corrected chi connectivity index (χ0v) is 14.6. The third kappa shape index (κ3) is 3.71. The number of rotatable bonds is 5. The number of hydrogen-bond acceptors (Lipinski definition) is 6. The lowest BCUT2D eigenvalue weighted by Crippen LogP contribution is -2.46. The van der Waals surface area contributed by atoms with Crippen LogP contribution in [-0.4, -0.2) is 49.6 Å². The molecule has 2 aromatic rings. The number of nitrogens with zero attached hydrogens (tertiary/aromatic N) is 6. The molecule has 1 saturated carbocycles. The molecule has 0 unspecified atom stereocenters. The minimum absolute atomic E-state index is 0.0626. The highest BCUT2D eigenvalue weighted by molar-refractivity contribution is 5.41. The van der Waals surface area contributed by atoms with Gasteiger partial charge in [0.05, 0.1) is 11.9 Å². The fourth-order valence-electron chi connectivity index (χ4n) is 3.68. The maximum Gasteiger partial charge on any atom is 0.268 e. The Labute approximate surface area is 147 Å². The lowest BCUT2D eigenvalue weighted by Gasteiger charge is -2.39. The van der Waals surface area contributed by atoms with E-state index in [1.165, 1.54) is 19.0 Å². The third-order valence-corrected chi connectivity index (χ3v) is 5.14. The van der Waals surface area contributed by atoms with Gasteiger partial charge in [0.25, 0.3) is 5.56 Å². The van der Waals surface area contributed by atoms with Crippen LogP contribution in [-0.2, 0) is 13.6 Å². The molecule has 0 aromatic carbocycles. The maximum absolute atomic E-state index is 11.5. The first kappa shape index (κ1) is 16.2. The van der Waals surface area contributed by atoms with E-state index in [0.29, 0.717) is 12.1 Å². The first-order valence-electron chi connectivity index (χ1n) is 8.99. The fraction of sp³-hybridized carbons (Fsp3) is 0.556. The molecule has 2 aliphatic rings. The molecule has 7 nitrogen and oxygen atoms in total. The molecular weight excluding hydrogens is 316 g/mol. The van der Waals surface area contributed by atoms with E-state index in [-0.39, 0.29) is 5.56 Å². The Balaban J connectivity index is 1.39. The largest absolute Gasteiger partial charge is 0.350 e. The standard InChI is InChI=1S/C18H24N6O/c1-22-11-14(20-10-18(22)25)12-23-8-5-16(6-9-23)24(15-2-3-15)17-4-7-19-13-21-17/h4,7,10-11,13,15-16H,2-3,5-6,8-9,12H2,1H3. The molecule has 1 saturated heterocycles. The summed E-state index contributed by atoms with van der Waals surface area (Å²) in [5, 5.41) is 0. The summed E-state index contributed by atoms with van der Waals surface area (Å²) in [6.07, 6.45) is 11.5. The highest BCUT2D eigenvalue weighted by Gasteiger charge is 2.36. The maximum atomic E-state index is 11.5. The van der Waals surface area contributed by atoms with Crippen LogP contribution in [0, 0.1) is 0 Å². The number of aromatic nitrogens is 4. The summed E-state index contributed by atoms with van der Waals surface area (Å²) in [6.45, 7) is 2.89. The summed E-state index contributed by atoms with van der Waals surface area (Å²) in [5.74, 6) is 1.07. The average Bonchev–Trinajstić information content (AvgIpc) is 3.46. The van der Waals surface area contributed by atoms with Crippen molar-refractivity contribution in [3.8, 4) is 0 Å². The van der Waals surface area contributed by atoms with Gasteiger partial charge < -0.3 is 9.47 Å². The SMILES string of the molecule is Cn1cc(CN2CCC(N(c3ccncn3)C3CC3)CC2)ncc1=O. The van der Waals surface area contributed by atoms with E-state index in [1.807, 2.05) is 18.5 Å². The molecule has 4 rings (SSSR count). The predicted molar refractivity (Wildman–Crippen MR) is 95.3 cm³/mol. The van der Waals surface area contributed by atoms with Gasteiger partial charge in [-0.15, -0.1) is 0 Å². The number of hydrogen-bond donors (Lipinski definition) is 0. The topological polar surface area (TPSA) is 67.2 Å². The van der Waals surface area contributed by atoms with E-state index in [2.05, 4.69) is 24.8 Å². The third-order valence-electron chi connectivity index (χ3n) is 5.14. The van der Waals surface area contributed by atoms with E-state index < -0.39 is 0 Å². The Morgan fingerprint density at radius 3 is 2.56 bits per heavy atom. The summed E-state index contributed by atoms with van der Waals surface area (Å²) in [4.78, 5) is 29.2. The van der Waals surface area contributed by atoms with Crippen LogP contribution in [0.25, 0.3) is 0 Å². The zero-order valence-electron chi connectivity index (χ0n) is 14.6. The highest BCUT2D eigenvalue weighted by Crippen LogP contribution is 2.35. The Morgan fingerprint density at radius 1 is 1.16 bits per heavy atom. The van der Waals surface area contributed by atoms with E-state index in [9.17, 15) is 4.79 Å². The van der Waals surface area contributed by atoms with E-state index >= 15 is 0 Å². The van der Waals surface area contributed by atoms with Crippen LogP contribution in [0.5, 0.6) is 0 Å². The van der Waals surface area contributed by atoms with Crippen molar-refractivity contribution in [2.45, 2.75) is 44.3 Å². The second kappa shape index (κ2) is 6.92. The van der Waals surface area contributed by atoms with Crippen LogP contribution in [0.1, 0.15) is 31.4 Å². The van der Waals surface area contributed by atoms with Crippen molar-refractivity contribution in [2.75, 3.05) is 18.0 Å². The summed E-state index contributed by atoms with van der Waals surface area (Å²) in [5.41, 5.74) is 0.891. The molecule has 3 heterocycles. The molecule has 2 fully saturated rings. The molecule has 2 aromatic heterocycles. The molecule has 0 bridgehead atoms. The van der Waals surface area contributed by atoms with E-state index in [1.54, 1.807) is 17.9 Å². The van der Waals surface area contributed by atoms with Crippen LogP contribution >= 0.6 is 0 Å². The molecule has 0 atom stereocenters. The van der Waals surface area contributed by atoms with Gasteiger partial charge >= 0.3 is 0 Å². The molecule has 1 aliphatic carbocycles. The minimum Gasteiger partial charge on any atom is -0.350 e. The number of anilines is 1. The number of aryl methyl sites for hydroxylation is 1. The molecule has 0 amide bonds. The smallest absolute Gasteiger partial charge is 0.268 e. The first-order chi connectivity index (χ1) is 12.2. The van der Waals surface area contributed by atoms with Gasteiger partial charge in [-0.2, -0.15) is 0 Å². The molecule has 0 N–H and O–H groups in total. The number of piperidine rings is 1. The fourth-order valence-corrected chi connectivity index (χ4v) is 3.68. The second-order valence-corrected chi connectivity index (χ2v) is 7.04. The van der Waals surface area contributed by atoms with Crippen LogP contribution in [0.2, 0.25) is 0 Å². The molecule has 0 radical (unpaired) electrons. The normalized spacial score (nSPS) is 19.1. The van der Waals surface area contributed by atoms with Gasteiger partial charge in [-0.05, 0) is 31.7 Å². The van der Waals surface area contributed by atoms with Gasteiger partial charge in [0.15, 0.2) is 0 Å². The van der Waals surface area contributed by atoms with Gasteiger partial charge in [-0.1, -0.05) is 0 Å². The predicted octanol–water partition coefficient (Wildman–Crippen LogP) is 1.20. The Kier molecular flexibility index (Phi) is 4.48. The Bertz CT molecular complexity index is 765. The summed E-state index contributed by atoms with van der Waals surface area (Å²) >= 11 is 0. The van der Waals surface area contributed by atoms with Crippen LogP contribution in [0.3, 0.4) is 0 Å². The summed E-state index contributed by atoms with van der Waals surface area (Å²) in [6, 6.07) is 3.22. The first-order valence-corrected chi connectivity index (χ1v) is 8.99. The van der Waals surface area contributed by atoms with Crippen molar-refractivity contribution >= 4 is 5.82 Å². The van der Waals surface area contributed by atoms with Crippen molar-refractivity contribution in [1.82, 2.24) is 24.4 Å². The van der Waals surface area contributed by atoms with Crippen LogP contribution in [0.4, 0.5) is 5.82 Å². The Morgan fingerprint density at radius 2 is 1.92 bits per heavy atom. The number of likely N-dealkylation sites (tertiary alicyclic amines) is 1. The average molecular weight is 340 g/mol. The Hall–Kier alpha value is -2.28. The quantitative estimate of drug-likeness (QED) is 0.815. The zero-order chi connectivity index (χ0) is 17.2.